The summed E-state index contributed by atoms with van der Waals surface area (Å²) in [6.45, 7) is 2.88. The fourth-order valence-electron chi connectivity index (χ4n) is 3.89. The maximum Gasteiger partial charge on any atom is 0.272 e. The molecule has 2 saturated heterocycles. The first-order valence-electron chi connectivity index (χ1n) is 8.53. The quantitative estimate of drug-likeness (QED) is 0.698. The van der Waals surface area contributed by atoms with Crippen molar-refractivity contribution < 1.29 is 22.7 Å². The fraction of sp³-hybridized carbons (Fsp3) is 0.688. The van der Waals surface area contributed by atoms with Gasteiger partial charge in [-0.15, -0.1) is 0 Å². The van der Waals surface area contributed by atoms with Crippen molar-refractivity contribution in [1.29, 1.82) is 0 Å². The molecule has 3 rings (SSSR count). The number of hydrogen-bond donors (Lipinski definition) is 0. The molecular formula is C16H24N4O5S. The van der Waals surface area contributed by atoms with Gasteiger partial charge in [-0.25, -0.2) is 8.42 Å². The highest BCUT2D eigenvalue weighted by Gasteiger charge is 2.58. The molecule has 1 aromatic heterocycles. The van der Waals surface area contributed by atoms with E-state index in [9.17, 15) is 18.0 Å². The average molecular weight is 384 g/mol. The van der Waals surface area contributed by atoms with Gasteiger partial charge in [0.05, 0.1) is 12.3 Å². The van der Waals surface area contributed by atoms with Crippen molar-refractivity contribution in [2.24, 2.45) is 7.05 Å². The summed E-state index contributed by atoms with van der Waals surface area (Å²) in [6, 6.07) is 1.72. The number of aryl methyl sites for hydroxylation is 2. The number of methoxy groups -OCH3 is 1. The Morgan fingerprint density at radius 2 is 2.00 bits per heavy atom. The Morgan fingerprint density at radius 3 is 2.54 bits per heavy atom. The summed E-state index contributed by atoms with van der Waals surface area (Å²) in [5, 5.41) is 4.18. The second-order valence-electron chi connectivity index (χ2n) is 6.83. The third-order valence-electron chi connectivity index (χ3n) is 5.26. The molecule has 0 bridgehead atoms. The van der Waals surface area contributed by atoms with Gasteiger partial charge < -0.3 is 14.5 Å². The van der Waals surface area contributed by atoms with E-state index in [4.69, 9.17) is 4.74 Å². The van der Waals surface area contributed by atoms with E-state index >= 15 is 0 Å². The predicted molar refractivity (Wildman–Crippen MR) is 93.2 cm³/mol. The van der Waals surface area contributed by atoms with Gasteiger partial charge in [0.1, 0.15) is 16.3 Å². The van der Waals surface area contributed by atoms with E-state index in [1.54, 1.807) is 18.0 Å². The molecule has 0 unspecified atom stereocenters. The first-order chi connectivity index (χ1) is 12.2. The number of carbonyl (C=O) groups excluding carboxylic acids is 2. The zero-order valence-corrected chi connectivity index (χ0v) is 16.1. The molecule has 26 heavy (non-hydrogen) atoms. The third kappa shape index (κ3) is 2.90. The van der Waals surface area contributed by atoms with Gasteiger partial charge in [-0.2, -0.15) is 5.10 Å². The van der Waals surface area contributed by atoms with Crippen molar-refractivity contribution in [2.75, 3.05) is 39.1 Å². The molecule has 144 valence electrons. The van der Waals surface area contributed by atoms with Crippen LogP contribution in [0.3, 0.4) is 0 Å². The molecule has 3 heterocycles. The summed E-state index contributed by atoms with van der Waals surface area (Å²) in [5.74, 6) is -1.02. The zero-order valence-electron chi connectivity index (χ0n) is 15.3. The minimum atomic E-state index is -3.59. The fourth-order valence-corrected chi connectivity index (χ4v) is 5.98. The SMILES string of the molecule is COCCN1C(=O)CS(=O)(=O)C12CCN(C(=O)c1cc(C)nn1C)CC2. The number of piperidine rings is 1. The van der Waals surface area contributed by atoms with Crippen molar-refractivity contribution in [3.8, 4) is 0 Å². The number of hydrogen-bond acceptors (Lipinski definition) is 6. The average Bonchev–Trinajstić information content (AvgIpc) is 3.00. The summed E-state index contributed by atoms with van der Waals surface area (Å²) in [7, 11) is -0.372. The summed E-state index contributed by atoms with van der Waals surface area (Å²) in [5.41, 5.74) is 1.22. The molecule has 0 atom stereocenters. The Kier molecular flexibility index (Phi) is 4.82. The van der Waals surface area contributed by atoms with Crippen LogP contribution in [0.15, 0.2) is 6.07 Å². The standard InChI is InChI=1S/C16H24N4O5S/c1-12-10-13(18(2)17-12)15(22)19-6-4-16(5-7-19)20(8-9-25-3)14(21)11-26(16,23)24/h10H,4-9,11H2,1-3H3. The van der Waals surface area contributed by atoms with Crippen LogP contribution in [-0.4, -0.2) is 83.8 Å². The van der Waals surface area contributed by atoms with Crippen molar-refractivity contribution in [1.82, 2.24) is 19.6 Å². The minimum Gasteiger partial charge on any atom is -0.383 e. The second kappa shape index (κ2) is 6.66. The molecule has 2 aliphatic rings. The smallest absolute Gasteiger partial charge is 0.272 e. The van der Waals surface area contributed by atoms with Gasteiger partial charge in [-0.1, -0.05) is 0 Å². The van der Waals surface area contributed by atoms with E-state index in [1.807, 2.05) is 6.92 Å². The summed E-state index contributed by atoms with van der Waals surface area (Å²) in [6.07, 6.45) is 0.431. The Bertz CT molecular complexity index is 824. The van der Waals surface area contributed by atoms with Crippen LogP contribution < -0.4 is 0 Å². The van der Waals surface area contributed by atoms with Gasteiger partial charge >= 0.3 is 0 Å². The molecule has 0 aliphatic carbocycles. The second-order valence-corrected chi connectivity index (χ2v) is 9.11. The Morgan fingerprint density at radius 1 is 1.35 bits per heavy atom. The highest BCUT2D eigenvalue weighted by Crippen LogP contribution is 2.39. The van der Waals surface area contributed by atoms with Gasteiger partial charge in [0.25, 0.3) is 5.91 Å². The largest absolute Gasteiger partial charge is 0.383 e. The van der Waals surface area contributed by atoms with E-state index in [1.165, 1.54) is 16.7 Å². The molecule has 0 aromatic carbocycles. The van der Waals surface area contributed by atoms with Crippen molar-refractivity contribution >= 4 is 21.7 Å². The van der Waals surface area contributed by atoms with Gasteiger partial charge in [0.2, 0.25) is 5.91 Å². The minimum absolute atomic E-state index is 0.173. The van der Waals surface area contributed by atoms with Crippen LogP contribution in [0.5, 0.6) is 0 Å². The lowest BCUT2D eigenvalue weighted by atomic mass is 10.0. The Hall–Kier alpha value is -1.94. The van der Waals surface area contributed by atoms with Crippen LogP contribution in [-0.2, 0) is 26.4 Å². The maximum atomic E-state index is 12.7. The summed E-state index contributed by atoms with van der Waals surface area (Å²) < 4.78 is 32.0. The number of carbonyl (C=O) groups is 2. The summed E-state index contributed by atoms with van der Waals surface area (Å²) >= 11 is 0. The lowest BCUT2D eigenvalue weighted by Crippen LogP contribution is -2.57. The number of amides is 2. The first-order valence-corrected chi connectivity index (χ1v) is 10.2. The molecule has 2 fully saturated rings. The van der Waals surface area contributed by atoms with Gasteiger partial charge in [-0.3, -0.25) is 14.3 Å². The predicted octanol–water partition coefficient (Wildman–Crippen LogP) is -0.436. The number of likely N-dealkylation sites (tertiary alicyclic amines) is 1. The van der Waals surface area contributed by atoms with Crippen LogP contribution in [0.4, 0.5) is 0 Å². The number of ether oxygens (including phenoxy) is 1. The van der Waals surface area contributed by atoms with Crippen molar-refractivity contribution in [2.45, 2.75) is 24.6 Å². The molecule has 1 aromatic rings. The van der Waals surface area contributed by atoms with Crippen LogP contribution >= 0.6 is 0 Å². The van der Waals surface area contributed by atoms with Crippen molar-refractivity contribution in [3.05, 3.63) is 17.5 Å². The molecule has 0 radical (unpaired) electrons. The van der Waals surface area contributed by atoms with Crippen LogP contribution in [0.2, 0.25) is 0 Å². The molecule has 0 saturated carbocycles. The summed E-state index contributed by atoms with van der Waals surface area (Å²) in [4.78, 5) is 26.8. The zero-order chi connectivity index (χ0) is 19.1. The first kappa shape index (κ1) is 18.8. The van der Waals surface area contributed by atoms with Crippen LogP contribution in [0, 0.1) is 6.92 Å². The topological polar surface area (TPSA) is 102 Å². The normalized spacial score (nSPS) is 21.6. The van der Waals surface area contributed by atoms with Crippen LogP contribution in [0.1, 0.15) is 29.0 Å². The van der Waals surface area contributed by atoms with E-state index in [0.29, 0.717) is 5.69 Å². The highest BCUT2D eigenvalue weighted by atomic mass is 32.2. The van der Waals surface area contributed by atoms with E-state index in [2.05, 4.69) is 5.10 Å². The molecule has 10 heteroatoms. The lowest BCUT2D eigenvalue weighted by Gasteiger charge is -2.43. The maximum absolute atomic E-state index is 12.7. The van der Waals surface area contributed by atoms with Crippen LogP contribution in [0.25, 0.3) is 0 Å². The monoisotopic (exact) mass is 384 g/mol. The lowest BCUT2D eigenvalue weighted by molar-refractivity contribution is -0.131. The van der Waals surface area contributed by atoms with E-state index in [0.717, 1.165) is 5.69 Å². The van der Waals surface area contributed by atoms with E-state index < -0.39 is 20.5 Å². The van der Waals surface area contributed by atoms with Crippen molar-refractivity contribution in [3.63, 3.8) is 0 Å². The molecule has 9 nitrogen and oxygen atoms in total. The molecule has 1 spiro atoms. The number of aromatic nitrogens is 2. The van der Waals surface area contributed by atoms with Gasteiger partial charge in [0, 0.05) is 46.6 Å². The molecule has 0 N–H and O–H groups in total. The molecule has 2 amide bonds. The third-order valence-corrected chi connectivity index (χ3v) is 7.67. The molecular weight excluding hydrogens is 360 g/mol. The number of sulfone groups is 1. The Labute approximate surface area is 152 Å². The van der Waals surface area contributed by atoms with E-state index in [-0.39, 0.29) is 50.9 Å². The number of nitrogens with zero attached hydrogens (tertiary/aromatic N) is 4. The highest BCUT2D eigenvalue weighted by molar-refractivity contribution is 7.93. The van der Waals surface area contributed by atoms with Gasteiger partial charge in [0.15, 0.2) is 9.84 Å². The number of rotatable bonds is 4. The van der Waals surface area contributed by atoms with Gasteiger partial charge in [-0.05, 0) is 13.0 Å². The molecule has 2 aliphatic heterocycles. The Balaban J connectivity index is 1.80.